The highest BCUT2D eigenvalue weighted by atomic mass is 32.1. The Balaban J connectivity index is 1.49. The lowest BCUT2D eigenvalue weighted by molar-refractivity contribution is -0.180. The molecule has 1 fully saturated rings. The SMILES string of the molecule is CCCCCCCCCCCCCCCCCNC(=O)O[C@@H]1CCCO[C@H]1OP(=O)(O)OC(C)Cc1nccs1. The van der Waals surface area contributed by atoms with E-state index in [1.54, 1.807) is 13.1 Å². The number of rotatable bonds is 23. The molecule has 0 saturated carbocycles. The summed E-state index contributed by atoms with van der Waals surface area (Å²) < 4.78 is 34.0. The fraction of sp³-hybridized carbons (Fsp3) is 0.862. The first-order chi connectivity index (χ1) is 19.4. The van der Waals surface area contributed by atoms with Crippen LogP contribution < -0.4 is 5.32 Å². The first-order valence-corrected chi connectivity index (χ1v) is 17.9. The van der Waals surface area contributed by atoms with Gasteiger partial charge in [0.1, 0.15) is 0 Å². The van der Waals surface area contributed by atoms with Crippen LogP contribution >= 0.6 is 19.2 Å². The molecule has 11 heteroatoms. The van der Waals surface area contributed by atoms with Crippen molar-refractivity contribution in [3.63, 3.8) is 0 Å². The summed E-state index contributed by atoms with van der Waals surface area (Å²) in [6.07, 6.45) is 19.5. The van der Waals surface area contributed by atoms with Crippen molar-refractivity contribution in [1.82, 2.24) is 10.3 Å². The number of aromatic nitrogens is 1. The number of hydrogen-bond acceptors (Lipinski definition) is 8. The summed E-state index contributed by atoms with van der Waals surface area (Å²) >= 11 is 1.45. The van der Waals surface area contributed by atoms with Crippen LogP contribution in [0.5, 0.6) is 0 Å². The Morgan fingerprint density at radius 2 is 1.68 bits per heavy atom. The predicted molar refractivity (Wildman–Crippen MR) is 159 cm³/mol. The van der Waals surface area contributed by atoms with Crippen LogP contribution in [0.3, 0.4) is 0 Å². The summed E-state index contributed by atoms with van der Waals surface area (Å²) in [4.78, 5) is 26.7. The van der Waals surface area contributed by atoms with Crippen molar-refractivity contribution in [2.75, 3.05) is 13.2 Å². The van der Waals surface area contributed by atoms with Crippen LogP contribution in [-0.2, 0) is 29.5 Å². The van der Waals surface area contributed by atoms with Gasteiger partial charge in [-0.15, -0.1) is 11.3 Å². The Hall–Kier alpha value is -1.03. The van der Waals surface area contributed by atoms with Gasteiger partial charge in [0.25, 0.3) is 0 Å². The number of ether oxygens (including phenoxy) is 2. The standard InChI is InChI=1S/C29H53N2O7PS/c1-3-4-5-6-7-8-9-10-11-12-13-14-15-16-17-20-31-29(32)36-26-19-18-22-35-28(26)38-39(33,34)37-25(2)24-27-30-21-23-40-27/h21,23,25-26,28H,3-20,22,24H2,1-2H3,(H,31,32)(H,33,34)/t25?,26-,28+/m1/s1. The maximum atomic E-state index is 12.5. The summed E-state index contributed by atoms with van der Waals surface area (Å²) in [6, 6.07) is 0. The Labute approximate surface area is 245 Å². The van der Waals surface area contributed by atoms with Gasteiger partial charge >= 0.3 is 13.9 Å². The van der Waals surface area contributed by atoms with Crippen molar-refractivity contribution in [2.45, 2.75) is 148 Å². The largest absolute Gasteiger partial charge is 0.474 e. The Bertz CT molecular complexity index is 814. The molecule has 2 rings (SSSR count). The van der Waals surface area contributed by atoms with E-state index in [2.05, 4.69) is 17.2 Å². The van der Waals surface area contributed by atoms with E-state index < -0.39 is 32.4 Å². The van der Waals surface area contributed by atoms with Gasteiger partial charge in [-0.05, 0) is 26.2 Å². The first-order valence-electron chi connectivity index (χ1n) is 15.5. The molecule has 1 aliphatic heterocycles. The van der Waals surface area contributed by atoms with E-state index in [1.165, 1.54) is 94.8 Å². The van der Waals surface area contributed by atoms with Crippen molar-refractivity contribution in [2.24, 2.45) is 0 Å². The summed E-state index contributed by atoms with van der Waals surface area (Å²) in [5.41, 5.74) is 0. The highest BCUT2D eigenvalue weighted by Gasteiger charge is 2.38. The van der Waals surface area contributed by atoms with Gasteiger partial charge in [-0.3, -0.25) is 9.05 Å². The second kappa shape index (κ2) is 21.6. The molecule has 9 nitrogen and oxygen atoms in total. The fourth-order valence-corrected chi connectivity index (χ4v) is 6.60. The third-order valence-electron chi connectivity index (χ3n) is 7.02. The molecule has 0 bridgehead atoms. The summed E-state index contributed by atoms with van der Waals surface area (Å²) in [5.74, 6) is 0. The minimum atomic E-state index is -4.43. The third-order valence-corrected chi connectivity index (χ3v) is 8.92. The Morgan fingerprint density at radius 1 is 1.07 bits per heavy atom. The zero-order chi connectivity index (χ0) is 28.9. The molecule has 1 saturated heterocycles. The number of nitrogens with zero attached hydrogens (tertiary/aromatic N) is 1. The molecule has 232 valence electrons. The summed E-state index contributed by atoms with van der Waals surface area (Å²) in [6.45, 7) is 4.82. The smallest absolute Gasteiger partial charge is 0.441 e. The third kappa shape index (κ3) is 17.0. The highest BCUT2D eigenvalue weighted by Crippen LogP contribution is 2.47. The second-order valence-electron chi connectivity index (χ2n) is 10.8. The number of phosphoric ester groups is 1. The van der Waals surface area contributed by atoms with Crippen LogP contribution in [0.4, 0.5) is 4.79 Å². The van der Waals surface area contributed by atoms with Crippen molar-refractivity contribution in [3.8, 4) is 0 Å². The maximum absolute atomic E-state index is 12.5. The van der Waals surface area contributed by atoms with E-state index in [9.17, 15) is 14.3 Å². The van der Waals surface area contributed by atoms with Gasteiger partial charge in [0.2, 0.25) is 6.29 Å². The number of carbonyl (C=O) groups excluding carboxylic acids is 1. The zero-order valence-electron chi connectivity index (χ0n) is 24.7. The quantitative estimate of drug-likeness (QED) is 0.0946. The molecule has 2 unspecified atom stereocenters. The number of alkyl carbamates (subject to hydrolysis) is 1. The lowest BCUT2D eigenvalue weighted by Gasteiger charge is -2.32. The van der Waals surface area contributed by atoms with Crippen molar-refractivity contribution < 1.29 is 32.8 Å². The van der Waals surface area contributed by atoms with Gasteiger partial charge in [-0.25, -0.2) is 14.3 Å². The van der Waals surface area contributed by atoms with E-state index in [0.29, 0.717) is 32.4 Å². The van der Waals surface area contributed by atoms with Crippen LogP contribution in [0, 0.1) is 0 Å². The second-order valence-corrected chi connectivity index (χ2v) is 13.2. The first kappa shape index (κ1) is 35.2. The molecular weight excluding hydrogens is 551 g/mol. The van der Waals surface area contributed by atoms with Gasteiger partial charge < -0.3 is 19.7 Å². The van der Waals surface area contributed by atoms with Crippen LogP contribution in [0.25, 0.3) is 0 Å². The van der Waals surface area contributed by atoms with Crippen LogP contribution in [0.2, 0.25) is 0 Å². The summed E-state index contributed by atoms with van der Waals surface area (Å²) in [5, 5.41) is 5.41. The molecule has 0 spiro atoms. The average molecular weight is 605 g/mol. The van der Waals surface area contributed by atoms with Crippen LogP contribution in [0.15, 0.2) is 11.6 Å². The number of nitrogens with one attached hydrogen (secondary N) is 1. The van der Waals surface area contributed by atoms with Gasteiger partial charge in [-0.1, -0.05) is 96.8 Å². The van der Waals surface area contributed by atoms with E-state index in [0.717, 1.165) is 17.8 Å². The predicted octanol–water partition coefficient (Wildman–Crippen LogP) is 8.31. The van der Waals surface area contributed by atoms with Gasteiger partial charge in [0, 0.05) is 24.5 Å². The summed E-state index contributed by atoms with van der Waals surface area (Å²) in [7, 11) is -4.43. The van der Waals surface area contributed by atoms with E-state index >= 15 is 0 Å². The normalized spacial score (nSPS) is 19.7. The van der Waals surface area contributed by atoms with Crippen LogP contribution in [-0.4, -0.2) is 47.6 Å². The number of amides is 1. The molecule has 1 amide bonds. The number of hydrogen-bond donors (Lipinski definition) is 2. The minimum Gasteiger partial charge on any atom is -0.441 e. The highest BCUT2D eigenvalue weighted by molar-refractivity contribution is 7.47. The molecule has 4 atom stereocenters. The molecular formula is C29H53N2O7PS. The number of unbranched alkanes of at least 4 members (excludes halogenated alkanes) is 14. The lowest BCUT2D eigenvalue weighted by atomic mass is 10.0. The van der Waals surface area contributed by atoms with Gasteiger partial charge in [-0.2, -0.15) is 0 Å². The lowest BCUT2D eigenvalue weighted by Crippen LogP contribution is -2.41. The maximum Gasteiger partial charge on any atom is 0.474 e. The minimum absolute atomic E-state index is 0.347. The topological polar surface area (TPSA) is 116 Å². The van der Waals surface area contributed by atoms with Crippen molar-refractivity contribution in [3.05, 3.63) is 16.6 Å². The Kier molecular flexibility index (Phi) is 19.0. The van der Waals surface area contributed by atoms with Gasteiger partial charge in [0.05, 0.1) is 17.7 Å². The van der Waals surface area contributed by atoms with Gasteiger partial charge in [0.15, 0.2) is 6.10 Å². The Morgan fingerprint density at radius 3 is 2.25 bits per heavy atom. The molecule has 0 aromatic carbocycles. The van der Waals surface area contributed by atoms with E-state index in [4.69, 9.17) is 18.5 Å². The molecule has 0 aliphatic carbocycles. The monoisotopic (exact) mass is 604 g/mol. The van der Waals surface area contributed by atoms with E-state index in [-0.39, 0.29) is 0 Å². The number of thiazole rings is 1. The fourth-order valence-electron chi connectivity index (χ4n) is 4.83. The van der Waals surface area contributed by atoms with Crippen molar-refractivity contribution >= 4 is 25.3 Å². The number of phosphoric acid groups is 1. The molecule has 2 heterocycles. The van der Waals surface area contributed by atoms with Crippen molar-refractivity contribution in [1.29, 1.82) is 0 Å². The average Bonchev–Trinajstić information content (AvgIpc) is 3.42. The van der Waals surface area contributed by atoms with Crippen LogP contribution in [0.1, 0.15) is 128 Å². The molecule has 2 N–H and O–H groups in total. The molecule has 0 radical (unpaired) electrons. The van der Waals surface area contributed by atoms with E-state index in [1.807, 2.05) is 5.38 Å². The molecule has 1 aromatic heterocycles. The molecule has 1 aliphatic rings. The molecule has 1 aromatic rings. The molecule has 40 heavy (non-hydrogen) atoms. The zero-order valence-corrected chi connectivity index (χ0v) is 26.4. The number of carbonyl (C=O) groups is 1.